The van der Waals surface area contributed by atoms with E-state index in [2.05, 4.69) is 5.32 Å². The Morgan fingerprint density at radius 1 is 1.20 bits per heavy atom. The number of fused-ring (bicyclic) bond motifs is 4. The van der Waals surface area contributed by atoms with Gasteiger partial charge in [-0.05, 0) is 58.1 Å². The number of benzene rings is 2. The number of nitrogens with one attached hydrogen (secondary N) is 1. The van der Waals surface area contributed by atoms with Gasteiger partial charge in [0.1, 0.15) is 5.92 Å². The first-order valence-electron chi connectivity index (χ1n) is 10.2. The van der Waals surface area contributed by atoms with Crippen LogP contribution in [0.4, 0.5) is 5.69 Å². The van der Waals surface area contributed by atoms with E-state index in [4.69, 9.17) is 26.4 Å². The monoisotopic (exact) mass is 426 g/mol. The van der Waals surface area contributed by atoms with Crippen molar-refractivity contribution < 1.29 is 19.0 Å². The average Bonchev–Trinajstić information content (AvgIpc) is 2.70. The largest absolute Gasteiger partial charge is 0.490 e. The van der Waals surface area contributed by atoms with Gasteiger partial charge in [0, 0.05) is 11.3 Å². The molecule has 2 aliphatic heterocycles. The summed E-state index contributed by atoms with van der Waals surface area (Å²) in [5.41, 5.74) is 1.72. The second-order valence-corrected chi connectivity index (χ2v) is 7.98. The van der Waals surface area contributed by atoms with Gasteiger partial charge in [-0.3, -0.25) is 9.69 Å². The van der Waals surface area contributed by atoms with Gasteiger partial charge >= 0.3 is 5.97 Å². The van der Waals surface area contributed by atoms with Crippen molar-refractivity contribution in [3.05, 3.63) is 53.6 Å². The van der Waals surface area contributed by atoms with Gasteiger partial charge in [0.2, 0.25) is 5.72 Å². The maximum absolute atomic E-state index is 13.1. The van der Waals surface area contributed by atoms with Gasteiger partial charge in [0.05, 0.1) is 19.3 Å². The lowest BCUT2D eigenvalue weighted by Gasteiger charge is -2.55. The number of para-hydroxylation sites is 1. The Labute approximate surface area is 182 Å². The molecule has 0 amide bonds. The van der Waals surface area contributed by atoms with Crippen LogP contribution in [0.5, 0.6) is 11.5 Å². The van der Waals surface area contributed by atoms with Crippen molar-refractivity contribution in [3.63, 3.8) is 0 Å². The third-order valence-corrected chi connectivity index (χ3v) is 5.92. The molecule has 1 N–H and O–H groups in total. The Hall–Kier alpha value is -2.80. The molecule has 0 radical (unpaired) electrons. The summed E-state index contributed by atoms with van der Waals surface area (Å²) in [6, 6.07) is 13.3. The highest BCUT2D eigenvalue weighted by Crippen LogP contribution is 2.52. The fraction of sp³-hybridized carbons (Fsp3) is 0.391. The van der Waals surface area contributed by atoms with Crippen molar-refractivity contribution in [1.82, 2.24) is 5.32 Å². The van der Waals surface area contributed by atoms with Gasteiger partial charge in [0.25, 0.3) is 0 Å². The molecule has 3 atom stereocenters. The summed E-state index contributed by atoms with van der Waals surface area (Å²) in [6.07, 6.45) is 0. The number of nitrogens with zero attached hydrogens (tertiary/aromatic N) is 1. The summed E-state index contributed by atoms with van der Waals surface area (Å²) in [7, 11) is 0. The van der Waals surface area contributed by atoms with E-state index < -0.39 is 11.6 Å². The van der Waals surface area contributed by atoms with Crippen LogP contribution in [0.2, 0.25) is 0 Å². The molecular weight excluding hydrogens is 400 g/mol. The molecule has 2 aliphatic rings. The third-order valence-electron chi connectivity index (χ3n) is 5.62. The molecule has 1 saturated heterocycles. The number of aryl methyl sites for hydroxylation is 1. The van der Waals surface area contributed by atoms with E-state index >= 15 is 0 Å². The molecule has 0 aliphatic carbocycles. The van der Waals surface area contributed by atoms with Gasteiger partial charge in [-0.2, -0.15) is 0 Å². The summed E-state index contributed by atoms with van der Waals surface area (Å²) < 4.78 is 17.9. The quantitative estimate of drug-likeness (QED) is 0.570. The van der Waals surface area contributed by atoms with Gasteiger partial charge in [-0.1, -0.05) is 29.8 Å². The van der Waals surface area contributed by atoms with E-state index in [1.54, 1.807) is 6.92 Å². The minimum atomic E-state index is -1.09. The fourth-order valence-electron chi connectivity index (χ4n) is 4.31. The summed E-state index contributed by atoms with van der Waals surface area (Å²) in [5.74, 6) is 0.311. The first kappa shape index (κ1) is 20.5. The summed E-state index contributed by atoms with van der Waals surface area (Å²) in [6.45, 7) is 8.45. The summed E-state index contributed by atoms with van der Waals surface area (Å²) in [4.78, 5) is 15.0. The Morgan fingerprint density at radius 3 is 2.60 bits per heavy atom. The molecule has 2 aromatic carbocycles. The first-order chi connectivity index (χ1) is 14.4. The lowest BCUT2D eigenvalue weighted by molar-refractivity contribution is -0.159. The maximum atomic E-state index is 13.1. The van der Waals surface area contributed by atoms with Crippen LogP contribution in [-0.2, 0) is 9.53 Å². The van der Waals surface area contributed by atoms with E-state index in [9.17, 15) is 4.79 Å². The highest BCUT2D eigenvalue weighted by Gasteiger charge is 2.60. The molecule has 0 spiro atoms. The smallest absolute Gasteiger partial charge is 0.317 e. The van der Waals surface area contributed by atoms with Crippen molar-refractivity contribution in [2.45, 2.75) is 39.5 Å². The van der Waals surface area contributed by atoms with Crippen LogP contribution in [0.1, 0.15) is 37.9 Å². The van der Waals surface area contributed by atoms with Crippen molar-refractivity contribution in [2.75, 3.05) is 18.1 Å². The minimum absolute atomic E-state index is 0.291. The molecule has 2 bridgehead atoms. The minimum Gasteiger partial charge on any atom is -0.490 e. The highest BCUT2D eigenvalue weighted by molar-refractivity contribution is 7.80. The number of carbonyl (C=O) groups excluding carboxylic acids is 1. The van der Waals surface area contributed by atoms with Crippen LogP contribution in [0, 0.1) is 12.8 Å². The molecule has 2 heterocycles. The number of ether oxygens (including phenoxy) is 3. The van der Waals surface area contributed by atoms with E-state index in [1.807, 2.05) is 68.1 Å². The summed E-state index contributed by atoms with van der Waals surface area (Å²) in [5, 5.41) is 3.87. The number of carbonyl (C=O) groups is 1. The van der Waals surface area contributed by atoms with Crippen molar-refractivity contribution >= 4 is 29.0 Å². The van der Waals surface area contributed by atoms with Gasteiger partial charge in [-0.25, -0.2) is 0 Å². The molecule has 1 fully saturated rings. The van der Waals surface area contributed by atoms with Crippen LogP contribution in [0.3, 0.4) is 0 Å². The second kappa shape index (κ2) is 7.80. The number of hydrogen-bond acceptors (Lipinski definition) is 5. The van der Waals surface area contributed by atoms with Crippen LogP contribution in [0.15, 0.2) is 42.5 Å². The molecule has 158 valence electrons. The number of thiocarbonyl (C=S) groups is 1. The first-order valence-corrected chi connectivity index (χ1v) is 10.6. The van der Waals surface area contributed by atoms with E-state index in [1.165, 1.54) is 0 Å². The molecule has 7 heteroatoms. The molecule has 6 nitrogen and oxygen atoms in total. The second-order valence-electron chi connectivity index (χ2n) is 7.59. The number of rotatable bonds is 5. The van der Waals surface area contributed by atoms with Crippen molar-refractivity contribution in [2.24, 2.45) is 5.92 Å². The SMILES string of the molecule is CCOC(=O)[C@H]1[C@H]2NC(=S)N(c3ccc(C)cc3)[C@@]1(C)Oc1c(OCC)cccc12. The number of esters is 1. The predicted octanol–water partition coefficient (Wildman–Crippen LogP) is 4.12. The van der Waals surface area contributed by atoms with Crippen molar-refractivity contribution in [3.8, 4) is 11.5 Å². The van der Waals surface area contributed by atoms with E-state index in [0.717, 1.165) is 16.8 Å². The molecule has 4 rings (SSSR count). The van der Waals surface area contributed by atoms with Gasteiger partial charge in [0.15, 0.2) is 16.6 Å². The molecule has 2 aromatic rings. The van der Waals surface area contributed by atoms with Crippen LogP contribution in [-0.4, -0.2) is 30.0 Å². The van der Waals surface area contributed by atoms with E-state index in [0.29, 0.717) is 29.8 Å². The van der Waals surface area contributed by atoms with Crippen LogP contribution >= 0.6 is 12.2 Å². The summed E-state index contributed by atoms with van der Waals surface area (Å²) >= 11 is 5.74. The average molecular weight is 427 g/mol. The Morgan fingerprint density at radius 2 is 1.93 bits per heavy atom. The Kier molecular flexibility index (Phi) is 5.32. The Bertz CT molecular complexity index is 978. The van der Waals surface area contributed by atoms with Gasteiger partial charge < -0.3 is 19.5 Å². The lowest BCUT2D eigenvalue weighted by Crippen LogP contribution is -2.71. The number of hydrogen-bond donors (Lipinski definition) is 1. The highest BCUT2D eigenvalue weighted by atomic mass is 32.1. The molecule has 30 heavy (non-hydrogen) atoms. The lowest BCUT2D eigenvalue weighted by atomic mass is 9.79. The third kappa shape index (κ3) is 3.17. The number of anilines is 1. The topological polar surface area (TPSA) is 60.0 Å². The molecule has 0 aromatic heterocycles. The molecule has 0 saturated carbocycles. The molecule has 0 unspecified atom stereocenters. The van der Waals surface area contributed by atoms with Crippen LogP contribution < -0.4 is 19.7 Å². The van der Waals surface area contributed by atoms with Crippen molar-refractivity contribution in [1.29, 1.82) is 0 Å². The molecular formula is C23H26N2O4S. The van der Waals surface area contributed by atoms with E-state index in [-0.39, 0.29) is 12.0 Å². The Balaban J connectivity index is 1.90. The fourth-order valence-corrected chi connectivity index (χ4v) is 4.73. The zero-order valence-electron chi connectivity index (χ0n) is 17.6. The normalized spacial score (nSPS) is 24.4. The predicted molar refractivity (Wildman–Crippen MR) is 119 cm³/mol. The van der Waals surface area contributed by atoms with Gasteiger partial charge in [-0.15, -0.1) is 0 Å². The zero-order chi connectivity index (χ0) is 21.5. The van der Waals surface area contributed by atoms with Crippen LogP contribution in [0.25, 0.3) is 0 Å². The maximum Gasteiger partial charge on any atom is 0.317 e. The zero-order valence-corrected chi connectivity index (χ0v) is 18.4. The standard InChI is InChI=1S/C23H26N2O4S/c1-5-27-17-9-7-8-16-19-18(21(26)28-6-2)23(4,29-20(16)17)25(22(30)24-19)15-12-10-14(3)11-13-15/h7-13,18-19H,5-6H2,1-4H3,(H,24,30)/t18-,19+,23+/m1/s1.